The van der Waals surface area contributed by atoms with Crippen LogP contribution >= 0.6 is 0 Å². The molecule has 0 bridgehead atoms. The van der Waals surface area contributed by atoms with Crippen LogP contribution in [0.25, 0.3) is 0 Å². The van der Waals surface area contributed by atoms with E-state index in [1.807, 2.05) is 0 Å². The summed E-state index contributed by atoms with van der Waals surface area (Å²) in [6, 6.07) is 3.68. The lowest BCUT2D eigenvalue weighted by atomic mass is 10.3. The summed E-state index contributed by atoms with van der Waals surface area (Å²) in [5.74, 6) is -2.62. The summed E-state index contributed by atoms with van der Waals surface area (Å²) in [6.07, 6.45) is 0.760. The molecule has 0 aliphatic carbocycles. The Kier molecular flexibility index (Phi) is 3.45. The summed E-state index contributed by atoms with van der Waals surface area (Å²) in [5, 5.41) is 10.4. The number of sulfone groups is 1. The van der Waals surface area contributed by atoms with Crippen LogP contribution in [0.1, 0.15) is 0 Å². The zero-order valence-corrected chi connectivity index (χ0v) is 10.5. The number of nitro groups is 1. The van der Waals surface area contributed by atoms with E-state index in [0.29, 0.717) is 18.2 Å². The zero-order valence-electron chi connectivity index (χ0n) is 9.66. The highest BCUT2D eigenvalue weighted by molar-refractivity contribution is 7.91. The molecule has 1 aromatic heterocycles. The van der Waals surface area contributed by atoms with Crippen LogP contribution in [0, 0.1) is 21.7 Å². The first-order valence-electron chi connectivity index (χ1n) is 5.12. The van der Waals surface area contributed by atoms with Crippen molar-refractivity contribution >= 4 is 15.7 Å². The van der Waals surface area contributed by atoms with E-state index in [1.165, 1.54) is 0 Å². The van der Waals surface area contributed by atoms with Crippen LogP contribution in [0.4, 0.5) is 14.6 Å². The molecule has 0 radical (unpaired) electrons. The van der Waals surface area contributed by atoms with Gasteiger partial charge in [0.2, 0.25) is 9.84 Å². The average molecular weight is 300 g/mol. The van der Waals surface area contributed by atoms with Gasteiger partial charge in [-0.3, -0.25) is 0 Å². The van der Waals surface area contributed by atoms with Crippen molar-refractivity contribution in [3.63, 3.8) is 0 Å². The van der Waals surface area contributed by atoms with Crippen molar-refractivity contribution in [3.05, 3.63) is 58.3 Å². The first-order valence-corrected chi connectivity index (χ1v) is 6.60. The lowest BCUT2D eigenvalue weighted by molar-refractivity contribution is -0.389. The molecule has 0 spiro atoms. The van der Waals surface area contributed by atoms with Crippen molar-refractivity contribution in [2.45, 2.75) is 9.79 Å². The number of hydrogen-bond acceptors (Lipinski definition) is 5. The standard InChI is InChI=1S/C11H6F2N2O4S/c12-7-3-8(13)5-10(4-7)20(18,19)9-1-2-11(14-6-9)15(16)17/h1-6H. The molecule has 0 unspecified atom stereocenters. The molecule has 0 aliphatic heterocycles. The molecule has 0 fully saturated rings. The molecule has 0 amide bonds. The third-order valence-corrected chi connectivity index (χ3v) is 4.08. The van der Waals surface area contributed by atoms with E-state index >= 15 is 0 Å². The number of rotatable bonds is 3. The predicted octanol–water partition coefficient (Wildman–Crippen LogP) is 2.10. The van der Waals surface area contributed by atoms with E-state index in [9.17, 15) is 27.3 Å². The van der Waals surface area contributed by atoms with Gasteiger partial charge in [-0.25, -0.2) is 17.2 Å². The Bertz CT molecular complexity index is 755. The van der Waals surface area contributed by atoms with Gasteiger partial charge in [-0.1, -0.05) is 0 Å². The molecular formula is C11H6F2N2O4S. The summed E-state index contributed by atoms with van der Waals surface area (Å²) >= 11 is 0. The third-order valence-electron chi connectivity index (χ3n) is 2.36. The molecule has 6 nitrogen and oxygen atoms in total. The second-order valence-electron chi connectivity index (χ2n) is 3.72. The maximum absolute atomic E-state index is 13.0. The molecule has 0 aliphatic rings. The minimum absolute atomic E-state index is 0.395. The summed E-state index contributed by atoms with van der Waals surface area (Å²) in [4.78, 5) is 12.0. The molecule has 0 saturated carbocycles. The number of halogens is 2. The van der Waals surface area contributed by atoms with Crippen LogP contribution in [0.2, 0.25) is 0 Å². The average Bonchev–Trinajstić information content (AvgIpc) is 2.37. The molecule has 0 atom stereocenters. The van der Waals surface area contributed by atoms with Crippen LogP contribution in [0.15, 0.2) is 46.3 Å². The van der Waals surface area contributed by atoms with Gasteiger partial charge in [0.1, 0.15) is 16.5 Å². The first-order chi connectivity index (χ1) is 9.30. The monoisotopic (exact) mass is 300 g/mol. The Morgan fingerprint density at radius 1 is 1.05 bits per heavy atom. The molecule has 2 rings (SSSR count). The second-order valence-corrected chi connectivity index (χ2v) is 5.67. The Hall–Kier alpha value is -2.42. The maximum atomic E-state index is 13.0. The van der Waals surface area contributed by atoms with E-state index in [-0.39, 0.29) is 0 Å². The highest BCUT2D eigenvalue weighted by Crippen LogP contribution is 2.23. The van der Waals surface area contributed by atoms with Crippen LogP contribution in [0.5, 0.6) is 0 Å². The first kappa shape index (κ1) is 14.0. The number of benzene rings is 1. The van der Waals surface area contributed by atoms with Gasteiger partial charge in [0.15, 0.2) is 6.20 Å². The normalized spacial score (nSPS) is 11.3. The van der Waals surface area contributed by atoms with Gasteiger partial charge < -0.3 is 10.1 Å². The van der Waals surface area contributed by atoms with Crippen LogP contribution in [-0.2, 0) is 9.84 Å². The Labute approximate surface area is 111 Å². The zero-order chi connectivity index (χ0) is 14.9. The number of hydrogen-bond donors (Lipinski definition) is 0. The molecule has 9 heteroatoms. The molecule has 0 saturated heterocycles. The molecule has 104 valence electrons. The van der Waals surface area contributed by atoms with E-state index in [0.717, 1.165) is 18.3 Å². The topological polar surface area (TPSA) is 90.2 Å². The van der Waals surface area contributed by atoms with Gasteiger partial charge >= 0.3 is 5.82 Å². The highest BCUT2D eigenvalue weighted by Gasteiger charge is 2.22. The van der Waals surface area contributed by atoms with Crippen molar-refractivity contribution in [2.75, 3.05) is 0 Å². The largest absolute Gasteiger partial charge is 0.363 e. The molecule has 2 aromatic rings. The van der Waals surface area contributed by atoms with Crippen molar-refractivity contribution in [3.8, 4) is 0 Å². The Balaban J connectivity index is 2.51. The summed E-state index contributed by atoms with van der Waals surface area (Å²) in [6.45, 7) is 0. The quantitative estimate of drug-likeness (QED) is 0.639. The van der Waals surface area contributed by atoms with Crippen LogP contribution in [0.3, 0.4) is 0 Å². The lowest BCUT2D eigenvalue weighted by Gasteiger charge is -2.03. The fourth-order valence-corrected chi connectivity index (χ4v) is 2.71. The summed E-state index contributed by atoms with van der Waals surface area (Å²) < 4.78 is 50.2. The van der Waals surface area contributed by atoms with Gasteiger partial charge in [0, 0.05) is 12.1 Å². The fourth-order valence-electron chi connectivity index (χ4n) is 1.46. The van der Waals surface area contributed by atoms with Crippen molar-refractivity contribution in [1.29, 1.82) is 0 Å². The van der Waals surface area contributed by atoms with E-state index in [2.05, 4.69) is 4.98 Å². The molecule has 1 aromatic carbocycles. The molecular weight excluding hydrogens is 294 g/mol. The van der Waals surface area contributed by atoms with Gasteiger partial charge in [-0.15, -0.1) is 0 Å². The molecule has 20 heavy (non-hydrogen) atoms. The lowest BCUT2D eigenvalue weighted by Crippen LogP contribution is -2.04. The Morgan fingerprint density at radius 3 is 2.10 bits per heavy atom. The SMILES string of the molecule is O=[N+]([O-])c1ccc(S(=O)(=O)c2cc(F)cc(F)c2)cn1. The fraction of sp³-hybridized carbons (Fsp3) is 0. The second kappa shape index (κ2) is 4.93. The van der Waals surface area contributed by atoms with Gasteiger partial charge in [-0.05, 0) is 28.1 Å². The Morgan fingerprint density at radius 2 is 1.65 bits per heavy atom. The highest BCUT2D eigenvalue weighted by atomic mass is 32.2. The van der Waals surface area contributed by atoms with Gasteiger partial charge in [0.25, 0.3) is 0 Å². The number of nitrogens with zero attached hydrogens (tertiary/aromatic N) is 2. The minimum atomic E-state index is -4.19. The number of aromatic nitrogens is 1. The van der Waals surface area contributed by atoms with Crippen molar-refractivity contribution in [2.24, 2.45) is 0 Å². The molecule has 1 heterocycles. The maximum Gasteiger partial charge on any atom is 0.363 e. The minimum Gasteiger partial charge on any atom is -0.358 e. The van der Waals surface area contributed by atoms with E-state index < -0.39 is 42.0 Å². The van der Waals surface area contributed by atoms with E-state index in [4.69, 9.17) is 0 Å². The smallest absolute Gasteiger partial charge is 0.358 e. The summed E-state index contributed by atoms with van der Waals surface area (Å²) in [5.41, 5.74) is 0. The van der Waals surface area contributed by atoms with Crippen LogP contribution < -0.4 is 0 Å². The van der Waals surface area contributed by atoms with Crippen molar-refractivity contribution < 1.29 is 22.1 Å². The summed E-state index contributed by atoms with van der Waals surface area (Å²) in [7, 11) is -4.19. The van der Waals surface area contributed by atoms with Crippen LogP contribution in [-0.4, -0.2) is 18.3 Å². The van der Waals surface area contributed by atoms with E-state index in [1.54, 1.807) is 0 Å². The van der Waals surface area contributed by atoms with Gasteiger partial charge in [0.05, 0.1) is 4.90 Å². The van der Waals surface area contributed by atoms with Gasteiger partial charge in [-0.2, -0.15) is 0 Å². The third kappa shape index (κ3) is 2.62. The predicted molar refractivity (Wildman–Crippen MR) is 62.7 cm³/mol. The van der Waals surface area contributed by atoms with Crippen molar-refractivity contribution in [1.82, 2.24) is 4.98 Å². The number of pyridine rings is 1. The molecule has 0 N–H and O–H groups in total.